The zero-order valence-electron chi connectivity index (χ0n) is 12.2. The first-order chi connectivity index (χ1) is 7.43. The summed E-state index contributed by atoms with van der Waals surface area (Å²) in [5.74, 6) is 0.121. The highest BCUT2D eigenvalue weighted by atomic mass is 16.2. The molecule has 3 N–H and O–H groups in total. The first-order valence-corrected chi connectivity index (χ1v) is 6.04. The van der Waals surface area contributed by atoms with Crippen molar-refractivity contribution >= 4 is 11.7 Å². The van der Waals surface area contributed by atoms with Crippen molar-refractivity contribution < 1.29 is 4.79 Å². The molecule has 0 bridgehead atoms. The first kappa shape index (κ1) is 15.9. The molecular weight excluding hydrogens is 214 g/mol. The second kappa shape index (κ2) is 5.52. The molecule has 17 heavy (non-hydrogen) atoms. The molecule has 1 atom stereocenters. The lowest BCUT2D eigenvalue weighted by Gasteiger charge is -2.34. The van der Waals surface area contributed by atoms with Gasteiger partial charge in [-0.2, -0.15) is 0 Å². The van der Waals surface area contributed by atoms with Crippen molar-refractivity contribution in [2.24, 2.45) is 16.7 Å². The fourth-order valence-corrected chi connectivity index (χ4v) is 1.65. The lowest BCUT2D eigenvalue weighted by atomic mass is 9.72. The number of hydrazine groups is 1. The maximum atomic E-state index is 12.1. The highest BCUT2D eigenvalue weighted by Crippen LogP contribution is 2.35. The largest absolute Gasteiger partial charge is 0.287 e. The van der Waals surface area contributed by atoms with Crippen molar-refractivity contribution in [3.63, 3.8) is 0 Å². The Morgan fingerprint density at radius 1 is 1.12 bits per heavy atom. The van der Waals surface area contributed by atoms with Crippen LogP contribution in [0, 0.1) is 22.2 Å². The summed E-state index contributed by atoms with van der Waals surface area (Å²) >= 11 is 0. The van der Waals surface area contributed by atoms with Gasteiger partial charge in [0.25, 0.3) is 0 Å². The van der Waals surface area contributed by atoms with Gasteiger partial charge in [0.15, 0.2) is 0 Å². The summed E-state index contributed by atoms with van der Waals surface area (Å²) in [7, 11) is 0. The zero-order chi connectivity index (χ0) is 13.9. The first-order valence-electron chi connectivity index (χ1n) is 6.04. The lowest BCUT2D eigenvalue weighted by molar-refractivity contribution is -0.130. The Hall–Kier alpha value is -1.06. The monoisotopic (exact) mass is 241 g/mol. The molecule has 0 saturated carbocycles. The van der Waals surface area contributed by atoms with Crippen LogP contribution in [0.25, 0.3) is 0 Å². The number of amides is 1. The van der Waals surface area contributed by atoms with Gasteiger partial charge in [0.2, 0.25) is 5.91 Å². The number of amidine groups is 1. The molecule has 0 aliphatic carbocycles. The zero-order valence-corrected chi connectivity index (χ0v) is 12.2. The third-order valence-corrected chi connectivity index (χ3v) is 2.55. The van der Waals surface area contributed by atoms with Gasteiger partial charge in [0.05, 0.1) is 0 Å². The van der Waals surface area contributed by atoms with E-state index in [4.69, 9.17) is 5.41 Å². The van der Waals surface area contributed by atoms with Gasteiger partial charge in [-0.15, -0.1) is 0 Å². The molecule has 0 saturated heterocycles. The fourth-order valence-electron chi connectivity index (χ4n) is 1.65. The molecule has 100 valence electrons. The molecule has 1 unspecified atom stereocenters. The number of carbonyl (C=O) groups excluding carboxylic acids is 1. The summed E-state index contributed by atoms with van der Waals surface area (Å²) in [4.78, 5) is 12.1. The van der Waals surface area contributed by atoms with Crippen LogP contribution in [0.4, 0.5) is 0 Å². The predicted octanol–water partition coefficient (Wildman–Crippen LogP) is 2.70. The molecule has 0 aliphatic heterocycles. The van der Waals surface area contributed by atoms with Crippen LogP contribution in [0.5, 0.6) is 0 Å². The molecule has 0 aromatic heterocycles. The highest BCUT2D eigenvalue weighted by molar-refractivity contribution is 5.83. The van der Waals surface area contributed by atoms with Crippen molar-refractivity contribution in [2.75, 3.05) is 0 Å². The molecule has 0 radical (unpaired) electrons. The minimum Gasteiger partial charge on any atom is -0.287 e. The van der Waals surface area contributed by atoms with E-state index < -0.39 is 0 Å². The van der Waals surface area contributed by atoms with Crippen LogP contribution in [0.1, 0.15) is 54.9 Å². The Labute approximate surface area is 105 Å². The Balaban J connectivity index is 4.70. The van der Waals surface area contributed by atoms with Gasteiger partial charge in [-0.05, 0) is 24.2 Å². The van der Waals surface area contributed by atoms with Crippen LogP contribution < -0.4 is 10.9 Å². The molecule has 1 amide bonds. The lowest BCUT2D eigenvalue weighted by Crippen LogP contribution is -2.47. The van der Waals surface area contributed by atoms with E-state index in [2.05, 4.69) is 52.4 Å². The Morgan fingerprint density at radius 3 is 1.88 bits per heavy atom. The topological polar surface area (TPSA) is 65.0 Å². The number of hydrogen-bond donors (Lipinski definition) is 3. The average molecular weight is 241 g/mol. The summed E-state index contributed by atoms with van der Waals surface area (Å²) in [5, 5.41) is 7.24. The highest BCUT2D eigenvalue weighted by Gasteiger charge is 2.34. The van der Waals surface area contributed by atoms with Crippen LogP contribution in [-0.2, 0) is 4.79 Å². The minimum absolute atomic E-state index is 0.0426. The van der Waals surface area contributed by atoms with Crippen LogP contribution in [0.3, 0.4) is 0 Å². The summed E-state index contributed by atoms with van der Waals surface area (Å²) in [6.07, 6.45) is 0.820. The number of hydrogen-bond acceptors (Lipinski definition) is 2. The summed E-state index contributed by atoms with van der Waals surface area (Å²) < 4.78 is 0. The van der Waals surface area contributed by atoms with Crippen LogP contribution in [0.2, 0.25) is 0 Å². The SMILES string of the molecule is CC(=N)NNC(=O)C(CC(C)(C)C)C(C)(C)C. The quantitative estimate of drug-likeness (QED) is 0.395. The normalized spacial score (nSPS) is 14.1. The van der Waals surface area contributed by atoms with E-state index in [1.165, 1.54) is 0 Å². The molecule has 0 aliphatic rings. The summed E-state index contributed by atoms with van der Waals surface area (Å²) in [6.45, 7) is 14.2. The molecule has 0 rings (SSSR count). The second-order valence-electron chi connectivity index (χ2n) is 6.92. The molecular formula is C13H27N3O. The van der Waals surface area contributed by atoms with Crippen molar-refractivity contribution in [2.45, 2.75) is 54.9 Å². The van der Waals surface area contributed by atoms with E-state index in [9.17, 15) is 4.79 Å². The Morgan fingerprint density at radius 2 is 1.59 bits per heavy atom. The average Bonchev–Trinajstić information content (AvgIpc) is 2.07. The van der Waals surface area contributed by atoms with E-state index in [-0.39, 0.29) is 28.5 Å². The molecule has 0 fully saturated rings. The van der Waals surface area contributed by atoms with Crippen molar-refractivity contribution in [1.29, 1.82) is 5.41 Å². The molecule has 4 heteroatoms. The van der Waals surface area contributed by atoms with Gasteiger partial charge < -0.3 is 0 Å². The molecule has 4 nitrogen and oxygen atoms in total. The van der Waals surface area contributed by atoms with Crippen molar-refractivity contribution in [1.82, 2.24) is 10.9 Å². The number of nitrogens with one attached hydrogen (secondary N) is 3. The molecule has 0 aromatic carbocycles. The number of rotatable bonds is 2. The maximum Gasteiger partial charge on any atom is 0.242 e. The third kappa shape index (κ3) is 6.97. The van der Waals surface area contributed by atoms with Gasteiger partial charge in [-0.25, -0.2) is 0 Å². The van der Waals surface area contributed by atoms with E-state index in [0.717, 1.165) is 6.42 Å². The van der Waals surface area contributed by atoms with E-state index >= 15 is 0 Å². The van der Waals surface area contributed by atoms with Crippen molar-refractivity contribution in [3.05, 3.63) is 0 Å². The second-order valence-corrected chi connectivity index (χ2v) is 6.92. The van der Waals surface area contributed by atoms with Crippen LogP contribution in [-0.4, -0.2) is 11.7 Å². The predicted molar refractivity (Wildman–Crippen MR) is 71.7 cm³/mol. The smallest absolute Gasteiger partial charge is 0.242 e. The van der Waals surface area contributed by atoms with E-state index in [0.29, 0.717) is 0 Å². The van der Waals surface area contributed by atoms with Gasteiger partial charge in [-0.3, -0.25) is 21.1 Å². The van der Waals surface area contributed by atoms with Crippen molar-refractivity contribution in [3.8, 4) is 0 Å². The molecule has 0 spiro atoms. The maximum absolute atomic E-state index is 12.1. The molecule has 0 heterocycles. The number of carbonyl (C=O) groups is 1. The van der Waals surface area contributed by atoms with Gasteiger partial charge >= 0.3 is 0 Å². The standard InChI is InChI=1S/C13H27N3O/c1-9(14)15-16-11(17)10(13(5,6)7)8-12(2,3)4/h10H,8H2,1-7H3,(H2,14,15)(H,16,17). The minimum atomic E-state index is -0.0883. The Bertz CT molecular complexity index is 284. The van der Waals surface area contributed by atoms with Crippen LogP contribution >= 0.6 is 0 Å². The van der Waals surface area contributed by atoms with Gasteiger partial charge in [0, 0.05) is 5.92 Å². The summed E-state index contributed by atoms with van der Waals surface area (Å²) in [5.41, 5.74) is 5.18. The Kier molecular flexibility index (Phi) is 5.17. The van der Waals surface area contributed by atoms with Crippen LogP contribution in [0.15, 0.2) is 0 Å². The van der Waals surface area contributed by atoms with E-state index in [1.54, 1.807) is 6.92 Å². The third-order valence-electron chi connectivity index (χ3n) is 2.55. The van der Waals surface area contributed by atoms with Gasteiger partial charge in [0.1, 0.15) is 5.84 Å². The van der Waals surface area contributed by atoms with E-state index in [1.807, 2.05) is 0 Å². The molecule has 0 aromatic rings. The fraction of sp³-hybridized carbons (Fsp3) is 0.846. The van der Waals surface area contributed by atoms with Gasteiger partial charge in [-0.1, -0.05) is 41.5 Å². The summed E-state index contributed by atoms with van der Waals surface area (Å²) in [6, 6.07) is 0.